The predicted octanol–water partition coefficient (Wildman–Crippen LogP) is 4.98. The van der Waals surface area contributed by atoms with Gasteiger partial charge in [0.15, 0.2) is 0 Å². The first-order chi connectivity index (χ1) is 11.7. The fourth-order valence-corrected chi connectivity index (χ4v) is 5.58. The van der Waals surface area contributed by atoms with Crippen molar-refractivity contribution >= 4 is 24.0 Å². The van der Waals surface area contributed by atoms with Gasteiger partial charge in [-0.05, 0) is 47.9 Å². The first kappa shape index (κ1) is 17.6. The maximum Gasteiger partial charge on any atom is 0.211 e. The molecule has 24 heavy (non-hydrogen) atoms. The number of hydrogen-bond donors (Lipinski definition) is 1. The fraction of sp³-hybridized carbons (Fsp3) is 0.368. The molecule has 1 unspecified atom stereocenters. The Balaban J connectivity index is 1.84. The molecule has 0 saturated carbocycles. The molecule has 1 atom stereocenters. The predicted molar refractivity (Wildman–Crippen MR) is 104 cm³/mol. The molecule has 1 saturated heterocycles. The zero-order chi connectivity index (χ0) is 16.8. The smallest absolute Gasteiger partial charge is 0.211 e. The third-order valence-electron chi connectivity index (χ3n) is 4.15. The lowest BCUT2D eigenvalue weighted by Crippen LogP contribution is -2.27. The van der Waals surface area contributed by atoms with E-state index in [1.807, 2.05) is 6.07 Å². The summed E-state index contributed by atoms with van der Waals surface area (Å²) >= 11 is 5.84. The van der Waals surface area contributed by atoms with Gasteiger partial charge in [-0.25, -0.2) is 0 Å². The van der Waals surface area contributed by atoms with Crippen LogP contribution in [0.1, 0.15) is 24.5 Å². The molecule has 1 fully saturated rings. The molecule has 0 spiro atoms. The van der Waals surface area contributed by atoms with Gasteiger partial charge in [0.25, 0.3) is 0 Å². The van der Waals surface area contributed by atoms with Gasteiger partial charge < -0.3 is 14.4 Å². The number of hydrogen-bond acceptors (Lipinski definition) is 4. The summed E-state index contributed by atoms with van der Waals surface area (Å²) in [5.74, 6) is -0.0256. The highest BCUT2D eigenvalue weighted by Crippen LogP contribution is 2.56. The van der Waals surface area contributed by atoms with Crippen LogP contribution in [-0.2, 0) is 33.7 Å². The minimum atomic E-state index is -2.36. The molecule has 0 aromatic heterocycles. The number of nitrogens with one attached hydrogen (secondary N) is 1. The normalized spacial score (nSPS) is 18.0. The van der Waals surface area contributed by atoms with Crippen LogP contribution in [0.4, 0.5) is 5.69 Å². The van der Waals surface area contributed by atoms with Gasteiger partial charge in [-0.1, -0.05) is 49.4 Å². The Morgan fingerprint density at radius 3 is 2.46 bits per heavy atom. The SMILES string of the molecule is CCc1cccc(NC(Cc2ccccc2)P2(=S)OCCCO2)c1. The molecule has 128 valence electrons. The van der Waals surface area contributed by atoms with Crippen molar-refractivity contribution in [1.82, 2.24) is 0 Å². The van der Waals surface area contributed by atoms with Crippen LogP contribution in [0.25, 0.3) is 0 Å². The van der Waals surface area contributed by atoms with Gasteiger partial charge in [-0.15, -0.1) is 0 Å². The van der Waals surface area contributed by atoms with Crippen LogP contribution in [0, 0.1) is 0 Å². The second kappa shape index (κ2) is 8.26. The maximum atomic E-state index is 5.97. The van der Waals surface area contributed by atoms with E-state index in [0.29, 0.717) is 13.2 Å². The molecule has 5 heteroatoms. The van der Waals surface area contributed by atoms with Gasteiger partial charge in [-0.3, -0.25) is 0 Å². The summed E-state index contributed by atoms with van der Waals surface area (Å²) in [7, 11) is 0. The molecule has 2 aromatic rings. The fourth-order valence-electron chi connectivity index (χ4n) is 2.81. The Hall–Kier alpha value is -1.19. The van der Waals surface area contributed by atoms with Crippen molar-refractivity contribution in [3.63, 3.8) is 0 Å². The molecule has 1 aliphatic rings. The van der Waals surface area contributed by atoms with Crippen LogP contribution in [0.15, 0.2) is 54.6 Å². The lowest BCUT2D eigenvalue weighted by Gasteiger charge is -2.34. The van der Waals surface area contributed by atoms with Crippen molar-refractivity contribution in [3.05, 3.63) is 65.7 Å². The van der Waals surface area contributed by atoms with Crippen molar-refractivity contribution < 1.29 is 9.05 Å². The Morgan fingerprint density at radius 2 is 1.75 bits per heavy atom. The first-order valence-corrected chi connectivity index (χ1v) is 11.2. The monoisotopic (exact) mass is 361 g/mol. The van der Waals surface area contributed by atoms with Gasteiger partial charge in [-0.2, -0.15) is 0 Å². The van der Waals surface area contributed by atoms with E-state index in [-0.39, 0.29) is 5.78 Å². The van der Waals surface area contributed by atoms with Crippen molar-refractivity contribution in [2.24, 2.45) is 0 Å². The van der Waals surface area contributed by atoms with Crippen LogP contribution >= 0.6 is 6.49 Å². The largest absolute Gasteiger partial charge is 0.373 e. The second-order valence-corrected chi connectivity index (χ2v) is 9.71. The minimum Gasteiger partial charge on any atom is -0.373 e. The molecule has 0 radical (unpaired) electrons. The summed E-state index contributed by atoms with van der Waals surface area (Å²) in [6, 6.07) is 18.9. The molecular weight excluding hydrogens is 337 g/mol. The molecule has 1 aliphatic heterocycles. The molecule has 0 bridgehead atoms. The lowest BCUT2D eigenvalue weighted by molar-refractivity contribution is 0.175. The Morgan fingerprint density at radius 1 is 1.04 bits per heavy atom. The zero-order valence-corrected chi connectivity index (χ0v) is 15.7. The topological polar surface area (TPSA) is 30.5 Å². The summed E-state index contributed by atoms with van der Waals surface area (Å²) in [5.41, 5.74) is 3.63. The number of benzene rings is 2. The van der Waals surface area contributed by atoms with Crippen LogP contribution in [-0.4, -0.2) is 19.0 Å². The van der Waals surface area contributed by atoms with Gasteiger partial charge in [0.05, 0.1) is 13.2 Å². The first-order valence-electron chi connectivity index (χ1n) is 8.48. The molecule has 0 amide bonds. The summed E-state index contributed by atoms with van der Waals surface area (Å²) in [6.07, 6.45) is 2.73. The van der Waals surface area contributed by atoms with E-state index in [9.17, 15) is 0 Å². The molecule has 0 aliphatic carbocycles. The van der Waals surface area contributed by atoms with Crippen molar-refractivity contribution in [1.29, 1.82) is 0 Å². The van der Waals surface area contributed by atoms with E-state index >= 15 is 0 Å². The molecular formula is C19H24NO2PS. The maximum absolute atomic E-state index is 5.97. The summed E-state index contributed by atoms with van der Waals surface area (Å²) in [5, 5.41) is 3.61. The highest BCUT2D eigenvalue weighted by atomic mass is 32.5. The van der Waals surface area contributed by atoms with E-state index in [2.05, 4.69) is 60.8 Å². The Kier molecular flexibility index (Phi) is 6.07. The van der Waals surface area contributed by atoms with Crippen LogP contribution in [0.3, 0.4) is 0 Å². The summed E-state index contributed by atoms with van der Waals surface area (Å²) in [6.45, 7) is 1.19. The Bertz CT molecular complexity index is 698. The highest BCUT2D eigenvalue weighted by molar-refractivity contribution is 8.10. The van der Waals surface area contributed by atoms with E-state index in [1.54, 1.807) is 0 Å². The number of aryl methyl sites for hydroxylation is 1. The Labute approximate surface area is 149 Å². The van der Waals surface area contributed by atoms with E-state index in [1.165, 1.54) is 11.1 Å². The van der Waals surface area contributed by atoms with E-state index in [4.69, 9.17) is 20.9 Å². The molecule has 1 N–H and O–H groups in total. The molecule has 1 heterocycles. The van der Waals surface area contributed by atoms with Crippen molar-refractivity contribution in [2.75, 3.05) is 18.5 Å². The third-order valence-corrected chi connectivity index (χ3v) is 7.71. The molecule has 3 nitrogen and oxygen atoms in total. The minimum absolute atomic E-state index is 0.0256. The van der Waals surface area contributed by atoms with E-state index in [0.717, 1.165) is 24.9 Å². The van der Waals surface area contributed by atoms with Crippen LogP contribution in [0.5, 0.6) is 0 Å². The van der Waals surface area contributed by atoms with Gasteiger partial charge in [0, 0.05) is 12.1 Å². The quantitative estimate of drug-likeness (QED) is 0.736. The lowest BCUT2D eigenvalue weighted by atomic mass is 10.1. The van der Waals surface area contributed by atoms with Crippen LogP contribution < -0.4 is 5.32 Å². The highest BCUT2D eigenvalue weighted by Gasteiger charge is 2.33. The summed E-state index contributed by atoms with van der Waals surface area (Å²) in [4.78, 5) is 0. The van der Waals surface area contributed by atoms with Gasteiger partial charge >= 0.3 is 0 Å². The van der Waals surface area contributed by atoms with Gasteiger partial charge in [0.1, 0.15) is 5.78 Å². The number of anilines is 1. The molecule has 2 aromatic carbocycles. The standard InChI is InChI=1S/C19H24NO2PS/c1-2-16-10-6-11-18(14-16)20-19(15-17-8-4-3-5-9-17)23(24)21-12-7-13-22-23/h3-6,8-11,14,19-20H,2,7,12-13,15H2,1H3. The van der Waals surface area contributed by atoms with Crippen molar-refractivity contribution in [2.45, 2.75) is 32.0 Å². The summed E-state index contributed by atoms with van der Waals surface area (Å²) < 4.78 is 11.9. The second-order valence-electron chi connectivity index (χ2n) is 5.96. The number of rotatable bonds is 6. The molecule has 3 rings (SSSR count). The third kappa shape index (κ3) is 4.46. The average molecular weight is 361 g/mol. The van der Waals surface area contributed by atoms with Crippen LogP contribution in [0.2, 0.25) is 0 Å². The average Bonchev–Trinajstić information content (AvgIpc) is 2.63. The van der Waals surface area contributed by atoms with Crippen molar-refractivity contribution in [3.8, 4) is 0 Å². The zero-order valence-electron chi connectivity index (χ0n) is 14.0. The van der Waals surface area contributed by atoms with Gasteiger partial charge in [0.2, 0.25) is 6.49 Å². The van der Waals surface area contributed by atoms with E-state index < -0.39 is 6.49 Å².